The summed E-state index contributed by atoms with van der Waals surface area (Å²) in [5.74, 6) is 1.61. The Morgan fingerprint density at radius 1 is 1.26 bits per heavy atom. The van der Waals surface area contributed by atoms with E-state index in [0.717, 1.165) is 31.0 Å². The number of carbonyl (C=O) groups excluding carboxylic acids is 1. The molecule has 0 bridgehead atoms. The molecule has 2 aliphatic heterocycles. The molecule has 4 heterocycles. The second kappa shape index (κ2) is 7.20. The molecule has 5 rings (SSSR count). The average Bonchev–Trinajstić information content (AvgIpc) is 3.14. The predicted octanol–water partition coefficient (Wildman–Crippen LogP) is 2.60. The molecule has 1 saturated heterocycles. The van der Waals surface area contributed by atoms with Gasteiger partial charge in [-0.1, -0.05) is 6.42 Å². The highest BCUT2D eigenvalue weighted by Gasteiger charge is 2.33. The Bertz CT molecular complexity index is 835. The quantitative estimate of drug-likeness (QED) is 0.814. The van der Waals surface area contributed by atoms with Crippen molar-refractivity contribution in [1.29, 1.82) is 0 Å². The Kier molecular flexibility index (Phi) is 4.57. The summed E-state index contributed by atoms with van der Waals surface area (Å²) in [7, 11) is 0. The van der Waals surface area contributed by atoms with E-state index in [1.807, 2.05) is 4.90 Å². The number of carbonyl (C=O) groups is 1. The summed E-state index contributed by atoms with van der Waals surface area (Å²) in [5, 5.41) is 2.12. The maximum atomic E-state index is 13.0. The molecule has 27 heavy (non-hydrogen) atoms. The lowest BCUT2D eigenvalue weighted by atomic mass is 9.83. The van der Waals surface area contributed by atoms with Gasteiger partial charge in [0, 0.05) is 42.2 Å². The van der Waals surface area contributed by atoms with Crippen molar-refractivity contribution in [3.8, 4) is 0 Å². The van der Waals surface area contributed by atoms with Crippen LogP contribution in [0, 0.1) is 0 Å². The fourth-order valence-corrected chi connectivity index (χ4v) is 5.00. The number of hydrogen-bond acceptors (Lipinski definition) is 6. The molecule has 2 aromatic heterocycles. The van der Waals surface area contributed by atoms with Gasteiger partial charge in [0.1, 0.15) is 12.1 Å². The third-order valence-corrected chi connectivity index (χ3v) is 7.01. The number of ether oxygens (including phenoxy) is 1. The molecule has 2 fully saturated rings. The van der Waals surface area contributed by atoms with Crippen LogP contribution in [0.25, 0.3) is 0 Å². The fourth-order valence-electron chi connectivity index (χ4n) is 4.11. The molecular weight excluding hydrogens is 360 g/mol. The minimum absolute atomic E-state index is 0.102. The second-order valence-electron chi connectivity index (χ2n) is 7.61. The molecule has 3 aliphatic rings. The lowest BCUT2D eigenvalue weighted by Crippen LogP contribution is -2.52. The molecule has 0 radical (unpaired) electrons. The smallest absolute Gasteiger partial charge is 0.253 e. The molecule has 1 unspecified atom stereocenters. The monoisotopic (exact) mass is 384 g/mol. The third kappa shape index (κ3) is 3.34. The van der Waals surface area contributed by atoms with E-state index in [0.29, 0.717) is 25.6 Å². The lowest BCUT2D eigenvalue weighted by Gasteiger charge is -2.37. The number of morpholine rings is 1. The van der Waals surface area contributed by atoms with Gasteiger partial charge in [-0.25, -0.2) is 9.97 Å². The summed E-state index contributed by atoms with van der Waals surface area (Å²) < 4.78 is 5.85. The first-order valence-electron chi connectivity index (χ1n) is 9.80. The first kappa shape index (κ1) is 17.1. The Labute approximate surface area is 163 Å². The molecule has 0 aromatic carbocycles. The van der Waals surface area contributed by atoms with Crippen molar-refractivity contribution >= 4 is 23.1 Å². The third-order valence-electron chi connectivity index (χ3n) is 5.98. The van der Waals surface area contributed by atoms with E-state index in [4.69, 9.17) is 4.74 Å². The molecular formula is C20H24N4O2S. The Hall–Kier alpha value is -1.99. The molecule has 0 spiro atoms. The van der Waals surface area contributed by atoms with E-state index in [1.165, 1.54) is 29.7 Å². The van der Waals surface area contributed by atoms with E-state index in [-0.39, 0.29) is 5.91 Å². The van der Waals surface area contributed by atoms with Crippen LogP contribution >= 0.6 is 11.3 Å². The number of thiophene rings is 1. The fraction of sp³-hybridized carbons (Fsp3) is 0.550. The molecule has 1 atom stereocenters. The van der Waals surface area contributed by atoms with E-state index >= 15 is 0 Å². The van der Waals surface area contributed by atoms with E-state index in [1.54, 1.807) is 17.7 Å². The van der Waals surface area contributed by atoms with E-state index in [9.17, 15) is 4.79 Å². The zero-order valence-corrected chi connectivity index (χ0v) is 16.2. The van der Waals surface area contributed by atoms with Gasteiger partial charge in [-0.15, -0.1) is 11.3 Å². The molecule has 1 aliphatic carbocycles. The topological polar surface area (TPSA) is 58.6 Å². The Balaban J connectivity index is 1.27. The summed E-state index contributed by atoms with van der Waals surface area (Å²) in [4.78, 5) is 27.5. The molecule has 7 heteroatoms. The van der Waals surface area contributed by atoms with Gasteiger partial charge in [0.05, 0.1) is 13.2 Å². The average molecular weight is 385 g/mol. The van der Waals surface area contributed by atoms with Crippen LogP contribution < -0.4 is 4.90 Å². The van der Waals surface area contributed by atoms with Crippen LogP contribution in [0.15, 0.2) is 23.8 Å². The van der Waals surface area contributed by atoms with Crippen molar-refractivity contribution in [2.45, 2.75) is 44.2 Å². The van der Waals surface area contributed by atoms with Crippen LogP contribution in [0.2, 0.25) is 0 Å². The van der Waals surface area contributed by atoms with Crippen molar-refractivity contribution in [2.75, 3.05) is 31.1 Å². The van der Waals surface area contributed by atoms with Gasteiger partial charge in [-0.3, -0.25) is 4.79 Å². The molecule has 1 amide bonds. The van der Waals surface area contributed by atoms with Crippen molar-refractivity contribution < 1.29 is 9.53 Å². The molecule has 2 aromatic rings. The summed E-state index contributed by atoms with van der Waals surface area (Å²) in [6.07, 6.45) is 5.94. The van der Waals surface area contributed by atoms with Gasteiger partial charge in [0.2, 0.25) is 0 Å². The highest BCUT2D eigenvalue weighted by molar-refractivity contribution is 7.10. The van der Waals surface area contributed by atoms with Crippen molar-refractivity contribution in [3.63, 3.8) is 0 Å². The van der Waals surface area contributed by atoms with Crippen LogP contribution in [0.3, 0.4) is 0 Å². The van der Waals surface area contributed by atoms with E-state index < -0.39 is 6.10 Å². The van der Waals surface area contributed by atoms with Crippen molar-refractivity contribution in [1.82, 2.24) is 14.9 Å². The van der Waals surface area contributed by atoms with Gasteiger partial charge in [0.25, 0.3) is 5.91 Å². The minimum Gasteiger partial charge on any atom is -0.365 e. The first-order chi connectivity index (χ1) is 13.3. The highest BCUT2D eigenvalue weighted by atomic mass is 32.1. The van der Waals surface area contributed by atoms with Gasteiger partial charge in [-0.2, -0.15) is 0 Å². The number of nitrogens with zero attached hydrogens (tertiary/aromatic N) is 4. The normalized spacial score (nSPS) is 23.0. The minimum atomic E-state index is -0.416. The second-order valence-corrected chi connectivity index (χ2v) is 8.61. The summed E-state index contributed by atoms with van der Waals surface area (Å²) in [5.41, 5.74) is 2.43. The number of amides is 1. The van der Waals surface area contributed by atoms with Gasteiger partial charge in [0.15, 0.2) is 6.10 Å². The van der Waals surface area contributed by atoms with Crippen molar-refractivity contribution in [3.05, 3.63) is 40.0 Å². The van der Waals surface area contributed by atoms with Crippen LogP contribution in [0.1, 0.15) is 41.3 Å². The molecule has 6 nitrogen and oxygen atoms in total. The van der Waals surface area contributed by atoms with Crippen molar-refractivity contribution in [2.24, 2.45) is 0 Å². The van der Waals surface area contributed by atoms with E-state index in [2.05, 4.69) is 32.4 Å². The largest absolute Gasteiger partial charge is 0.365 e. The Morgan fingerprint density at radius 3 is 3.04 bits per heavy atom. The van der Waals surface area contributed by atoms with Crippen LogP contribution in [-0.2, 0) is 22.5 Å². The SMILES string of the molecule is O=C(C1CN(c2cc(C3CCC3)ncn2)CCO1)N1CCc2sccc2C1. The lowest BCUT2D eigenvalue weighted by molar-refractivity contribution is -0.145. The number of anilines is 1. The number of fused-ring (bicyclic) bond motifs is 1. The number of rotatable bonds is 3. The Morgan fingerprint density at radius 2 is 2.19 bits per heavy atom. The summed E-state index contributed by atoms with van der Waals surface area (Å²) >= 11 is 1.79. The van der Waals surface area contributed by atoms with Gasteiger partial charge >= 0.3 is 0 Å². The maximum Gasteiger partial charge on any atom is 0.253 e. The van der Waals surface area contributed by atoms with Crippen LogP contribution in [-0.4, -0.2) is 53.1 Å². The standard InChI is InChI=1S/C20H24N4O2S/c25-20(24-6-4-18-15(11-24)5-9-27-18)17-12-23(7-8-26-17)19-10-16(21-13-22-19)14-2-1-3-14/h5,9-10,13-14,17H,1-4,6-8,11-12H2. The van der Waals surface area contributed by atoms with Crippen LogP contribution in [0.5, 0.6) is 0 Å². The maximum absolute atomic E-state index is 13.0. The molecule has 142 valence electrons. The van der Waals surface area contributed by atoms with Crippen LogP contribution in [0.4, 0.5) is 5.82 Å². The van der Waals surface area contributed by atoms with Gasteiger partial charge in [-0.05, 0) is 36.3 Å². The predicted molar refractivity (Wildman–Crippen MR) is 104 cm³/mol. The zero-order chi connectivity index (χ0) is 18.2. The molecule has 1 saturated carbocycles. The highest BCUT2D eigenvalue weighted by Crippen LogP contribution is 2.36. The van der Waals surface area contributed by atoms with Gasteiger partial charge < -0.3 is 14.5 Å². The zero-order valence-electron chi connectivity index (χ0n) is 15.3. The number of aromatic nitrogens is 2. The molecule has 0 N–H and O–H groups in total. The first-order valence-corrected chi connectivity index (χ1v) is 10.7. The summed E-state index contributed by atoms with van der Waals surface area (Å²) in [6.45, 7) is 3.37. The summed E-state index contributed by atoms with van der Waals surface area (Å²) in [6, 6.07) is 4.24. The number of hydrogen-bond donors (Lipinski definition) is 0.